The van der Waals surface area contributed by atoms with Gasteiger partial charge in [0.1, 0.15) is 0 Å². The van der Waals surface area contributed by atoms with E-state index in [1.54, 1.807) is 12.1 Å². The summed E-state index contributed by atoms with van der Waals surface area (Å²) in [7, 11) is 0. The van der Waals surface area contributed by atoms with Gasteiger partial charge in [0.05, 0.1) is 37.1 Å². The molecule has 2 amide bonds. The first kappa shape index (κ1) is 28.6. The first-order valence-corrected chi connectivity index (χ1v) is 14.1. The van der Waals surface area contributed by atoms with Crippen LogP contribution in [0.25, 0.3) is 0 Å². The molecule has 0 aromatic heterocycles. The minimum atomic E-state index is -0.998. The monoisotopic (exact) mass is 535 g/mol. The Kier molecular flexibility index (Phi) is 9.62. The van der Waals surface area contributed by atoms with Gasteiger partial charge in [-0.2, -0.15) is 0 Å². The van der Waals surface area contributed by atoms with Gasteiger partial charge in [0, 0.05) is 24.1 Å². The summed E-state index contributed by atoms with van der Waals surface area (Å²) in [6.07, 6.45) is 5.95. The van der Waals surface area contributed by atoms with E-state index in [1.807, 2.05) is 37.3 Å². The summed E-state index contributed by atoms with van der Waals surface area (Å²) in [5.74, 6) is -0.836. The standard InChI is InChI=1S/C31H41N3O5/c1-20-8-11-24(12-9-20)26(17-30(36)37)33-31(38)25-13-14-28(34-21(2)18-39-19-22(34)3)27(16-25)32-29(35)15-10-23-6-4-5-7-23/h8-9,11-14,16,21-23,26H,4-7,10,15,17-19H2,1-3H3,(H,32,35)(H,33,38)(H,36,37). The molecule has 0 spiro atoms. The molecular formula is C31H41N3O5. The maximum atomic E-state index is 13.4. The Hall–Kier alpha value is -3.39. The van der Waals surface area contributed by atoms with Crippen LogP contribution in [0.3, 0.4) is 0 Å². The summed E-state index contributed by atoms with van der Waals surface area (Å²) >= 11 is 0. The second kappa shape index (κ2) is 13.1. The van der Waals surface area contributed by atoms with E-state index in [0.29, 0.717) is 36.8 Å². The lowest BCUT2D eigenvalue weighted by Gasteiger charge is -2.41. The van der Waals surface area contributed by atoms with Crippen LogP contribution in [-0.2, 0) is 14.3 Å². The average molecular weight is 536 g/mol. The molecule has 3 unspecified atom stereocenters. The zero-order valence-corrected chi connectivity index (χ0v) is 23.2. The number of anilines is 2. The number of amides is 2. The zero-order valence-electron chi connectivity index (χ0n) is 23.2. The van der Waals surface area contributed by atoms with Gasteiger partial charge in [-0.05, 0) is 56.9 Å². The van der Waals surface area contributed by atoms with Crippen molar-refractivity contribution in [1.29, 1.82) is 0 Å². The average Bonchev–Trinajstić information content (AvgIpc) is 3.42. The summed E-state index contributed by atoms with van der Waals surface area (Å²) < 4.78 is 5.71. The molecule has 0 bridgehead atoms. The van der Waals surface area contributed by atoms with E-state index in [-0.39, 0.29) is 24.4 Å². The molecule has 2 aliphatic rings. The third-order valence-electron chi connectivity index (χ3n) is 7.90. The van der Waals surface area contributed by atoms with Crippen LogP contribution in [0.15, 0.2) is 42.5 Å². The third-order valence-corrected chi connectivity index (χ3v) is 7.90. The van der Waals surface area contributed by atoms with Crippen LogP contribution in [0.2, 0.25) is 0 Å². The molecule has 4 rings (SSSR count). The first-order valence-electron chi connectivity index (χ1n) is 14.1. The Morgan fingerprint density at radius 1 is 1.03 bits per heavy atom. The maximum absolute atomic E-state index is 13.4. The number of rotatable bonds is 10. The number of carbonyl (C=O) groups excluding carboxylic acids is 2. The number of ether oxygens (including phenoxy) is 1. The Labute approximate surface area is 231 Å². The predicted molar refractivity (Wildman–Crippen MR) is 152 cm³/mol. The van der Waals surface area contributed by atoms with Crippen molar-refractivity contribution in [2.45, 2.75) is 83.8 Å². The van der Waals surface area contributed by atoms with Gasteiger partial charge >= 0.3 is 5.97 Å². The van der Waals surface area contributed by atoms with Gasteiger partial charge in [0.2, 0.25) is 5.91 Å². The number of carboxylic acids is 1. The summed E-state index contributed by atoms with van der Waals surface area (Å²) in [5, 5.41) is 15.5. The molecule has 8 nitrogen and oxygen atoms in total. The molecular weight excluding hydrogens is 494 g/mol. The van der Waals surface area contributed by atoms with Crippen molar-refractivity contribution in [3.8, 4) is 0 Å². The van der Waals surface area contributed by atoms with Crippen LogP contribution < -0.4 is 15.5 Å². The quantitative estimate of drug-likeness (QED) is 0.373. The number of hydrogen-bond donors (Lipinski definition) is 3. The summed E-state index contributed by atoms with van der Waals surface area (Å²) in [6, 6.07) is 12.3. The highest BCUT2D eigenvalue weighted by atomic mass is 16.5. The van der Waals surface area contributed by atoms with Crippen molar-refractivity contribution in [2.24, 2.45) is 5.92 Å². The molecule has 2 aromatic rings. The van der Waals surface area contributed by atoms with Gasteiger partial charge in [-0.15, -0.1) is 0 Å². The van der Waals surface area contributed by atoms with Gasteiger partial charge in [-0.1, -0.05) is 55.5 Å². The molecule has 3 atom stereocenters. The van der Waals surface area contributed by atoms with Crippen LogP contribution in [0.1, 0.15) is 86.3 Å². The van der Waals surface area contributed by atoms with Gasteiger partial charge in [0.25, 0.3) is 5.91 Å². The van der Waals surface area contributed by atoms with E-state index in [0.717, 1.165) is 23.2 Å². The van der Waals surface area contributed by atoms with Crippen molar-refractivity contribution < 1.29 is 24.2 Å². The van der Waals surface area contributed by atoms with Crippen molar-refractivity contribution >= 4 is 29.2 Å². The molecule has 1 saturated carbocycles. The number of benzene rings is 2. The molecule has 1 heterocycles. The lowest BCUT2D eigenvalue weighted by molar-refractivity contribution is -0.137. The SMILES string of the molecule is Cc1ccc(C(CC(=O)O)NC(=O)c2ccc(N3C(C)COCC3C)c(NC(=O)CCC3CCCC3)c2)cc1. The number of morpholine rings is 1. The molecule has 1 aliphatic heterocycles. The Balaban J connectivity index is 1.58. The molecule has 0 radical (unpaired) electrons. The molecule has 1 aliphatic carbocycles. The Morgan fingerprint density at radius 3 is 2.33 bits per heavy atom. The van der Waals surface area contributed by atoms with Gasteiger partial charge in [0.15, 0.2) is 0 Å². The number of hydrogen-bond acceptors (Lipinski definition) is 5. The largest absolute Gasteiger partial charge is 0.481 e. The fourth-order valence-electron chi connectivity index (χ4n) is 5.80. The lowest BCUT2D eigenvalue weighted by Crippen LogP contribution is -2.50. The number of aliphatic carboxylic acids is 1. The molecule has 210 valence electrons. The van der Waals surface area contributed by atoms with Crippen LogP contribution in [-0.4, -0.2) is 48.2 Å². The van der Waals surface area contributed by atoms with E-state index in [9.17, 15) is 19.5 Å². The maximum Gasteiger partial charge on any atom is 0.305 e. The van der Waals surface area contributed by atoms with Crippen molar-refractivity contribution in [3.63, 3.8) is 0 Å². The van der Waals surface area contributed by atoms with Gasteiger partial charge < -0.3 is 25.4 Å². The predicted octanol–water partition coefficient (Wildman–Crippen LogP) is 5.46. The summed E-state index contributed by atoms with van der Waals surface area (Å²) in [6.45, 7) is 7.28. The number of nitrogens with zero attached hydrogens (tertiary/aromatic N) is 1. The topological polar surface area (TPSA) is 108 Å². The molecule has 8 heteroatoms. The minimum Gasteiger partial charge on any atom is -0.481 e. The molecule has 2 fully saturated rings. The molecule has 3 N–H and O–H groups in total. The first-order chi connectivity index (χ1) is 18.7. The molecule has 1 saturated heterocycles. The van der Waals surface area contributed by atoms with Crippen LogP contribution in [0.4, 0.5) is 11.4 Å². The second-order valence-electron chi connectivity index (χ2n) is 11.1. The highest BCUT2D eigenvalue weighted by Gasteiger charge is 2.29. The highest BCUT2D eigenvalue weighted by Crippen LogP contribution is 2.34. The number of aryl methyl sites for hydroxylation is 1. The number of nitrogens with one attached hydrogen (secondary N) is 2. The Morgan fingerprint density at radius 2 is 1.69 bits per heavy atom. The summed E-state index contributed by atoms with van der Waals surface area (Å²) in [4.78, 5) is 40.2. The van der Waals surface area contributed by atoms with E-state index < -0.39 is 17.9 Å². The smallest absolute Gasteiger partial charge is 0.305 e. The molecule has 2 aromatic carbocycles. The second-order valence-corrected chi connectivity index (χ2v) is 11.1. The van der Waals surface area contributed by atoms with E-state index in [2.05, 4.69) is 29.4 Å². The van der Waals surface area contributed by atoms with E-state index >= 15 is 0 Å². The summed E-state index contributed by atoms with van der Waals surface area (Å²) in [5.41, 5.74) is 3.58. The van der Waals surface area contributed by atoms with Crippen molar-refractivity contribution in [3.05, 3.63) is 59.2 Å². The lowest BCUT2D eigenvalue weighted by atomic mass is 10.0. The van der Waals surface area contributed by atoms with Crippen LogP contribution in [0, 0.1) is 12.8 Å². The third kappa shape index (κ3) is 7.60. The van der Waals surface area contributed by atoms with E-state index in [1.165, 1.54) is 25.7 Å². The fraction of sp³-hybridized carbons (Fsp3) is 0.516. The van der Waals surface area contributed by atoms with Crippen LogP contribution >= 0.6 is 0 Å². The highest BCUT2D eigenvalue weighted by molar-refractivity contribution is 6.00. The Bertz CT molecular complexity index is 1150. The number of carboxylic acid groups (broad SMARTS) is 1. The van der Waals surface area contributed by atoms with E-state index in [4.69, 9.17) is 4.74 Å². The number of carbonyl (C=O) groups is 3. The van der Waals surface area contributed by atoms with Gasteiger partial charge in [-0.3, -0.25) is 14.4 Å². The molecule has 39 heavy (non-hydrogen) atoms. The van der Waals surface area contributed by atoms with Crippen molar-refractivity contribution in [1.82, 2.24) is 5.32 Å². The normalized spacial score (nSPS) is 20.4. The zero-order chi connectivity index (χ0) is 27.9. The van der Waals surface area contributed by atoms with Crippen molar-refractivity contribution in [2.75, 3.05) is 23.4 Å². The minimum absolute atomic E-state index is 0.0577. The van der Waals surface area contributed by atoms with Crippen LogP contribution in [0.5, 0.6) is 0 Å². The fourth-order valence-corrected chi connectivity index (χ4v) is 5.80. The van der Waals surface area contributed by atoms with Gasteiger partial charge in [-0.25, -0.2) is 0 Å².